The number of nitrogens with zero attached hydrogens (tertiary/aromatic N) is 2. The van der Waals surface area contributed by atoms with Crippen molar-refractivity contribution in [2.75, 3.05) is 24.5 Å². The van der Waals surface area contributed by atoms with E-state index in [-0.39, 0.29) is 0 Å². The molecule has 3 heterocycles. The fourth-order valence-corrected chi connectivity index (χ4v) is 4.47. The lowest BCUT2D eigenvalue weighted by atomic mass is 9.91. The maximum absolute atomic E-state index is 6.43. The van der Waals surface area contributed by atoms with Gasteiger partial charge in [0.2, 0.25) is 5.36 Å². The molecule has 128 valence electrons. The van der Waals surface area contributed by atoms with E-state index in [1.54, 1.807) is 0 Å². The fourth-order valence-electron chi connectivity index (χ4n) is 4.47. The number of hydrogen-bond donors (Lipinski definition) is 1. The highest BCUT2D eigenvalue weighted by Crippen LogP contribution is 2.40. The van der Waals surface area contributed by atoms with Crippen LogP contribution in [-0.4, -0.2) is 24.6 Å². The standard InChI is InChI=1S/C21H23N3O/c1-3-22-16-12-19-17(10-13(16)2)23-18-11-14-6-4-8-24-9-5-7-15(20(14)24)21(18)25-19/h10-12H,3-9H2,1-2H3/p+1. The summed E-state index contributed by atoms with van der Waals surface area (Å²) in [7, 11) is 0. The van der Waals surface area contributed by atoms with E-state index in [0.29, 0.717) is 0 Å². The maximum atomic E-state index is 6.43. The van der Waals surface area contributed by atoms with Crippen molar-refractivity contribution in [3.63, 3.8) is 0 Å². The molecule has 0 radical (unpaired) electrons. The highest BCUT2D eigenvalue weighted by molar-refractivity contribution is 5.87. The van der Waals surface area contributed by atoms with Crippen LogP contribution >= 0.6 is 0 Å². The molecule has 4 heteroatoms. The first-order valence-electron chi connectivity index (χ1n) is 9.46. The van der Waals surface area contributed by atoms with E-state index in [9.17, 15) is 0 Å². The molecule has 0 atom stereocenters. The number of anilines is 1. The molecule has 0 saturated heterocycles. The average molecular weight is 334 g/mol. The van der Waals surface area contributed by atoms with Gasteiger partial charge in [0.15, 0.2) is 11.3 Å². The molecule has 3 aliphatic heterocycles. The zero-order valence-electron chi connectivity index (χ0n) is 15.0. The third-order valence-electron chi connectivity index (χ3n) is 5.58. The lowest BCUT2D eigenvalue weighted by Gasteiger charge is -2.37. The smallest absolute Gasteiger partial charge is 0.205 e. The monoisotopic (exact) mass is 334 g/mol. The number of aryl methyl sites for hydroxylation is 3. The minimum absolute atomic E-state index is 0.873. The van der Waals surface area contributed by atoms with E-state index in [4.69, 9.17) is 9.40 Å². The van der Waals surface area contributed by atoms with Crippen LogP contribution in [0.1, 0.15) is 36.5 Å². The van der Waals surface area contributed by atoms with Crippen LogP contribution in [-0.2, 0) is 12.8 Å². The number of rotatable bonds is 1. The maximum Gasteiger partial charge on any atom is 0.205 e. The molecule has 0 amide bonds. The Kier molecular flexibility index (Phi) is 3.34. The Morgan fingerprint density at radius 3 is 2.84 bits per heavy atom. The van der Waals surface area contributed by atoms with Gasteiger partial charge in [0, 0.05) is 29.9 Å². The van der Waals surface area contributed by atoms with Crippen molar-refractivity contribution in [1.82, 2.24) is 4.98 Å². The molecule has 0 spiro atoms. The van der Waals surface area contributed by atoms with Gasteiger partial charge in [0.25, 0.3) is 0 Å². The minimum atomic E-state index is 0.873. The lowest BCUT2D eigenvalue weighted by Crippen LogP contribution is -2.76. The van der Waals surface area contributed by atoms with Crippen molar-refractivity contribution in [2.45, 2.75) is 39.5 Å². The van der Waals surface area contributed by atoms with Crippen LogP contribution in [0.25, 0.3) is 22.6 Å². The average Bonchev–Trinajstić information content (AvgIpc) is 2.62. The van der Waals surface area contributed by atoms with Crippen molar-refractivity contribution in [3.8, 4) is 11.5 Å². The summed E-state index contributed by atoms with van der Waals surface area (Å²) < 4.78 is 6.43. The first-order chi connectivity index (χ1) is 12.2. The summed E-state index contributed by atoms with van der Waals surface area (Å²) in [4.78, 5) is 10.9. The van der Waals surface area contributed by atoms with Gasteiger partial charge in [-0.25, -0.2) is 9.98 Å². The number of fused-ring (bicyclic) bond motifs is 3. The zero-order valence-corrected chi connectivity index (χ0v) is 15.0. The van der Waals surface area contributed by atoms with Gasteiger partial charge in [-0.1, -0.05) is 0 Å². The van der Waals surface area contributed by atoms with E-state index >= 15 is 0 Å². The minimum Gasteiger partial charge on any atom is -0.452 e. The van der Waals surface area contributed by atoms with Crippen molar-refractivity contribution in [3.05, 3.63) is 40.2 Å². The summed E-state index contributed by atoms with van der Waals surface area (Å²) in [5.74, 6) is 0.873. The van der Waals surface area contributed by atoms with E-state index in [0.717, 1.165) is 47.3 Å². The second-order valence-electron chi connectivity index (χ2n) is 7.28. The Morgan fingerprint density at radius 2 is 2.00 bits per heavy atom. The lowest BCUT2D eigenvalue weighted by molar-refractivity contribution is -0.496. The van der Waals surface area contributed by atoms with Crippen molar-refractivity contribution in [1.29, 1.82) is 0 Å². The van der Waals surface area contributed by atoms with Crippen LogP contribution in [0, 0.1) is 6.92 Å². The van der Waals surface area contributed by atoms with Crippen molar-refractivity contribution in [2.24, 2.45) is 0 Å². The molecule has 1 aromatic rings. The molecule has 0 unspecified atom stereocenters. The van der Waals surface area contributed by atoms with E-state index < -0.39 is 0 Å². The van der Waals surface area contributed by atoms with E-state index in [1.807, 2.05) is 0 Å². The van der Waals surface area contributed by atoms with Gasteiger partial charge < -0.3 is 9.32 Å². The van der Waals surface area contributed by atoms with Crippen LogP contribution < -0.4 is 15.2 Å². The van der Waals surface area contributed by atoms with Gasteiger partial charge in [0.05, 0.1) is 6.07 Å². The molecule has 25 heavy (non-hydrogen) atoms. The van der Waals surface area contributed by atoms with Gasteiger partial charge in [0.1, 0.15) is 17.8 Å². The quantitative estimate of drug-likeness (QED) is 0.692. The molecule has 4 aliphatic rings. The van der Waals surface area contributed by atoms with Crippen LogP contribution in [0.3, 0.4) is 0 Å². The Hall–Kier alpha value is -2.36. The topological polar surface area (TPSA) is 43.2 Å². The molecule has 0 aromatic heterocycles. The van der Waals surface area contributed by atoms with Crippen LogP contribution in [0.2, 0.25) is 0 Å². The van der Waals surface area contributed by atoms with E-state index in [2.05, 4.69) is 41.9 Å². The van der Waals surface area contributed by atoms with Crippen LogP contribution in [0.5, 0.6) is 0 Å². The number of aromatic nitrogens is 1. The third kappa shape index (κ3) is 2.27. The van der Waals surface area contributed by atoms with Crippen molar-refractivity contribution < 1.29 is 9.41 Å². The Balaban J connectivity index is 1.84. The summed E-state index contributed by atoms with van der Waals surface area (Å²) in [6.07, 6.45) is 4.70. The molecule has 1 aromatic carbocycles. The van der Waals surface area contributed by atoms with Gasteiger partial charge >= 0.3 is 0 Å². The predicted octanol–water partition coefficient (Wildman–Crippen LogP) is 1.94. The van der Waals surface area contributed by atoms with Gasteiger partial charge in [-0.2, -0.15) is 0 Å². The summed E-state index contributed by atoms with van der Waals surface area (Å²) in [5.41, 5.74) is 8.43. The summed E-state index contributed by atoms with van der Waals surface area (Å²) in [5, 5.41) is 1.13. The van der Waals surface area contributed by atoms with Crippen LogP contribution in [0.4, 0.5) is 5.69 Å². The Labute approximate surface area is 147 Å². The molecule has 0 fully saturated rings. The predicted molar refractivity (Wildman–Crippen MR) is 98.9 cm³/mol. The fraction of sp³-hybridized carbons (Fsp3) is 0.429. The molecule has 0 saturated carbocycles. The molecular formula is C21H24N3O+. The van der Waals surface area contributed by atoms with Crippen LogP contribution in [0.15, 0.2) is 22.6 Å². The van der Waals surface area contributed by atoms with Crippen molar-refractivity contribution >= 4 is 16.8 Å². The van der Waals surface area contributed by atoms with Gasteiger partial charge in [-0.15, -0.1) is 0 Å². The molecule has 1 N–H and O–H groups in total. The SMILES string of the molecule is CC[NH+]=c1cc2oc3c4c5c(cc3nc-2cc1C)CCCN5CCC4. The molecule has 5 rings (SSSR count). The molecular weight excluding hydrogens is 310 g/mol. The van der Waals surface area contributed by atoms with Gasteiger partial charge in [-0.3, -0.25) is 0 Å². The number of benzene rings is 2. The Bertz CT molecular complexity index is 1020. The summed E-state index contributed by atoms with van der Waals surface area (Å²) in [6, 6.07) is 6.50. The van der Waals surface area contributed by atoms with Gasteiger partial charge in [-0.05, 0) is 57.2 Å². The molecule has 4 nitrogen and oxygen atoms in total. The first-order valence-corrected chi connectivity index (χ1v) is 9.46. The zero-order chi connectivity index (χ0) is 17.0. The number of nitrogens with one attached hydrogen (secondary N) is 1. The summed E-state index contributed by atoms with van der Waals surface area (Å²) in [6.45, 7) is 7.50. The highest BCUT2D eigenvalue weighted by atomic mass is 16.3. The normalized spacial score (nSPS) is 17.4. The number of hydrogen-bond acceptors (Lipinski definition) is 3. The molecule has 1 aliphatic carbocycles. The second kappa shape index (κ2) is 5.58. The first kappa shape index (κ1) is 14.9. The highest BCUT2D eigenvalue weighted by Gasteiger charge is 2.27. The largest absolute Gasteiger partial charge is 0.452 e. The Morgan fingerprint density at radius 1 is 1.16 bits per heavy atom. The third-order valence-corrected chi connectivity index (χ3v) is 5.58. The summed E-state index contributed by atoms with van der Waals surface area (Å²) >= 11 is 0. The van der Waals surface area contributed by atoms with E-state index in [1.165, 1.54) is 48.3 Å². The molecule has 0 bridgehead atoms. The second-order valence-corrected chi connectivity index (χ2v) is 7.28.